The molecule has 6 nitrogen and oxygen atoms in total. The maximum absolute atomic E-state index is 12.5. The van der Waals surface area contributed by atoms with E-state index in [2.05, 4.69) is 15.1 Å². The zero-order valence-electron chi connectivity index (χ0n) is 12.1. The van der Waals surface area contributed by atoms with Gasteiger partial charge in [-0.1, -0.05) is 0 Å². The quantitative estimate of drug-likeness (QED) is 0.593. The van der Waals surface area contributed by atoms with E-state index in [1.807, 2.05) is 6.92 Å². The molecule has 0 aliphatic rings. The molecule has 0 spiro atoms. The number of nitrogen functional groups attached to an aromatic ring is 1. The molecule has 21 heavy (non-hydrogen) atoms. The lowest BCUT2D eigenvalue weighted by Gasteiger charge is -2.14. The Labute approximate surface area is 124 Å². The van der Waals surface area contributed by atoms with Crippen LogP contribution in [0, 0.1) is 20.8 Å². The molecule has 0 amide bonds. The van der Waals surface area contributed by atoms with E-state index in [0.717, 1.165) is 5.69 Å². The standard InChI is InChI=1S/C14H18N4O2S/c1-9-6-13(17-15)7-10(2)14(9)21(19,20)18-12-5-4-11(3)16-8-12/h4-8,17-18H,15H2,1-3H3. The number of sulfonamides is 1. The highest BCUT2D eigenvalue weighted by atomic mass is 32.2. The molecule has 1 heterocycles. The highest BCUT2D eigenvalue weighted by Crippen LogP contribution is 2.26. The highest BCUT2D eigenvalue weighted by Gasteiger charge is 2.20. The summed E-state index contributed by atoms with van der Waals surface area (Å²) in [6.45, 7) is 5.30. The third-order valence-corrected chi connectivity index (χ3v) is 4.75. The Kier molecular flexibility index (Phi) is 4.15. The zero-order chi connectivity index (χ0) is 15.6. The van der Waals surface area contributed by atoms with E-state index in [1.165, 1.54) is 6.20 Å². The second-order valence-corrected chi connectivity index (χ2v) is 6.50. The summed E-state index contributed by atoms with van der Waals surface area (Å²) < 4.78 is 27.6. The Morgan fingerprint density at radius 1 is 1.05 bits per heavy atom. The number of hydrogen-bond acceptors (Lipinski definition) is 5. The van der Waals surface area contributed by atoms with Crippen LogP contribution in [0.4, 0.5) is 11.4 Å². The number of aryl methyl sites for hydroxylation is 3. The number of anilines is 2. The van der Waals surface area contributed by atoms with Gasteiger partial charge in [0, 0.05) is 11.4 Å². The predicted octanol–water partition coefficient (Wildman–Crippen LogP) is 2.09. The van der Waals surface area contributed by atoms with Gasteiger partial charge in [0.1, 0.15) is 0 Å². The van der Waals surface area contributed by atoms with Gasteiger partial charge in [0.15, 0.2) is 0 Å². The number of nitrogens with zero attached hydrogens (tertiary/aromatic N) is 1. The van der Waals surface area contributed by atoms with Crippen LogP contribution in [-0.2, 0) is 10.0 Å². The highest BCUT2D eigenvalue weighted by molar-refractivity contribution is 7.92. The Morgan fingerprint density at radius 2 is 1.67 bits per heavy atom. The van der Waals surface area contributed by atoms with Gasteiger partial charge in [-0.2, -0.15) is 0 Å². The van der Waals surface area contributed by atoms with Crippen LogP contribution in [0.5, 0.6) is 0 Å². The van der Waals surface area contributed by atoms with Crippen LogP contribution < -0.4 is 16.0 Å². The van der Waals surface area contributed by atoms with Crippen LogP contribution in [0.1, 0.15) is 16.8 Å². The van der Waals surface area contributed by atoms with Gasteiger partial charge in [-0.3, -0.25) is 15.5 Å². The van der Waals surface area contributed by atoms with Crippen LogP contribution in [-0.4, -0.2) is 13.4 Å². The topological polar surface area (TPSA) is 97.1 Å². The number of aromatic nitrogens is 1. The average Bonchev–Trinajstić information content (AvgIpc) is 2.39. The van der Waals surface area contributed by atoms with E-state index in [0.29, 0.717) is 22.5 Å². The van der Waals surface area contributed by atoms with Gasteiger partial charge in [-0.25, -0.2) is 8.42 Å². The fraction of sp³-hybridized carbons (Fsp3) is 0.214. The maximum Gasteiger partial charge on any atom is 0.262 e. The largest absolute Gasteiger partial charge is 0.324 e. The molecule has 0 radical (unpaired) electrons. The normalized spacial score (nSPS) is 11.2. The van der Waals surface area contributed by atoms with Crippen LogP contribution in [0.2, 0.25) is 0 Å². The molecule has 0 atom stereocenters. The minimum Gasteiger partial charge on any atom is -0.324 e. The van der Waals surface area contributed by atoms with Crippen molar-refractivity contribution in [1.82, 2.24) is 4.98 Å². The number of hydrazine groups is 1. The summed E-state index contributed by atoms with van der Waals surface area (Å²) in [7, 11) is -3.67. The first-order valence-corrected chi connectivity index (χ1v) is 7.85. The van der Waals surface area contributed by atoms with Crippen LogP contribution in [0.25, 0.3) is 0 Å². The molecule has 2 aromatic rings. The summed E-state index contributed by atoms with van der Waals surface area (Å²) in [6.07, 6.45) is 1.49. The first-order valence-electron chi connectivity index (χ1n) is 6.37. The average molecular weight is 306 g/mol. The monoisotopic (exact) mass is 306 g/mol. The lowest BCUT2D eigenvalue weighted by atomic mass is 10.1. The molecule has 0 bridgehead atoms. The number of benzene rings is 1. The maximum atomic E-state index is 12.5. The Bertz CT molecular complexity index is 732. The number of pyridine rings is 1. The van der Waals surface area contributed by atoms with Crippen molar-refractivity contribution in [3.05, 3.63) is 47.3 Å². The summed E-state index contributed by atoms with van der Waals surface area (Å²) >= 11 is 0. The van der Waals surface area contributed by atoms with Crippen molar-refractivity contribution < 1.29 is 8.42 Å². The molecule has 0 saturated heterocycles. The molecule has 0 saturated carbocycles. The van der Waals surface area contributed by atoms with Gasteiger partial charge >= 0.3 is 0 Å². The van der Waals surface area contributed by atoms with E-state index < -0.39 is 10.0 Å². The van der Waals surface area contributed by atoms with Crippen molar-refractivity contribution in [3.8, 4) is 0 Å². The summed E-state index contributed by atoms with van der Waals surface area (Å²) in [5.41, 5.74) is 5.68. The van der Waals surface area contributed by atoms with Gasteiger partial charge < -0.3 is 5.43 Å². The van der Waals surface area contributed by atoms with Gasteiger partial charge in [0.25, 0.3) is 10.0 Å². The molecule has 0 aliphatic carbocycles. The second kappa shape index (κ2) is 5.71. The molecule has 4 N–H and O–H groups in total. The summed E-state index contributed by atoms with van der Waals surface area (Å²) in [5.74, 6) is 5.36. The Morgan fingerprint density at radius 3 is 2.14 bits per heavy atom. The van der Waals surface area contributed by atoms with E-state index in [-0.39, 0.29) is 4.90 Å². The fourth-order valence-electron chi connectivity index (χ4n) is 2.19. The van der Waals surface area contributed by atoms with Crippen LogP contribution in [0.15, 0.2) is 35.4 Å². The molecule has 0 unspecified atom stereocenters. The van der Waals surface area contributed by atoms with E-state index in [1.54, 1.807) is 38.1 Å². The van der Waals surface area contributed by atoms with Crippen LogP contribution in [0.3, 0.4) is 0 Å². The van der Waals surface area contributed by atoms with Crippen molar-refractivity contribution >= 4 is 21.4 Å². The predicted molar refractivity (Wildman–Crippen MR) is 83.5 cm³/mol. The molecule has 0 aliphatic heterocycles. The first-order chi connectivity index (χ1) is 9.83. The van der Waals surface area contributed by atoms with Crippen molar-refractivity contribution in [2.45, 2.75) is 25.7 Å². The van der Waals surface area contributed by atoms with Crippen molar-refractivity contribution in [1.29, 1.82) is 0 Å². The van der Waals surface area contributed by atoms with Crippen molar-refractivity contribution in [3.63, 3.8) is 0 Å². The molecule has 2 rings (SSSR count). The summed E-state index contributed by atoms with van der Waals surface area (Å²) in [5, 5.41) is 0. The molecule has 1 aromatic heterocycles. The molecule has 1 aromatic carbocycles. The zero-order valence-corrected chi connectivity index (χ0v) is 13.0. The van der Waals surface area contributed by atoms with Gasteiger partial charge in [0.2, 0.25) is 0 Å². The molecule has 7 heteroatoms. The number of rotatable bonds is 4. The number of nitrogens with one attached hydrogen (secondary N) is 2. The van der Waals surface area contributed by atoms with E-state index in [9.17, 15) is 8.42 Å². The fourth-order valence-corrected chi connectivity index (χ4v) is 3.69. The molecule has 0 fully saturated rings. The van der Waals surface area contributed by atoms with Gasteiger partial charge in [0.05, 0.1) is 16.8 Å². The smallest absolute Gasteiger partial charge is 0.262 e. The summed E-state index contributed by atoms with van der Waals surface area (Å²) in [4.78, 5) is 4.33. The first kappa shape index (κ1) is 15.3. The van der Waals surface area contributed by atoms with Gasteiger partial charge in [-0.05, 0) is 56.2 Å². The Balaban J connectivity index is 2.42. The van der Waals surface area contributed by atoms with Crippen molar-refractivity contribution in [2.24, 2.45) is 5.84 Å². The van der Waals surface area contributed by atoms with Gasteiger partial charge in [-0.15, -0.1) is 0 Å². The third kappa shape index (κ3) is 3.32. The third-order valence-electron chi connectivity index (χ3n) is 3.06. The van der Waals surface area contributed by atoms with Crippen molar-refractivity contribution in [2.75, 3.05) is 10.1 Å². The number of nitrogens with two attached hydrogens (primary N) is 1. The van der Waals surface area contributed by atoms with Crippen LogP contribution >= 0.6 is 0 Å². The molecule has 112 valence electrons. The van der Waals surface area contributed by atoms with E-state index in [4.69, 9.17) is 5.84 Å². The molecular formula is C14H18N4O2S. The second-order valence-electron chi connectivity index (χ2n) is 4.88. The lowest BCUT2D eigenvalue weighted by Crippen LogP contribution is -2.17. The lowest BCUT2D eigenvalue weighted by molar-refractivity contribution is 0.600. The van der Waals surface area contributed by atoms with E-state index >= 15 is 0 Å². The SMILES string of the molecule is Cc1ccc(NS(=O)(=O)c2c(C)cc(NN)cc2C)cn1. The summed E-state index contributed by atoms with van der Waals surface area (Å²) in [6, 6.07) is 6.81. The Hall–Kier alpha value is -2.12. The number of hydrogen-bond donors (Lipinski definition) is 3. The minimum absolute atomic E-state index is 0.252. The minimum atomic E-state index is -3.67. The molecular weight excluding hydrogens is 288 g/mol.